The lowest BCUT2D eigenvalue weighted by Gasteiger charge is -2.26. The van der Waals surface area contributed by atoms with Gasteiger partial charge in [-0.2, -0.15) is 0 Å². The molecule has 1 amide bonds. The van der Waals surface area contributed by atoms with E-state index in [2.05, 4.69) is 27.6 Å². The summed E-state index contributed by atoms with van der Waals surface area (Å²) in [6.45, 7) is 0. The molecule has 0 spiro atoms. The zero-order valence-corrected chi connectivity index (χ0v) is 16.1. The van der Waals surface area contributed by atoms with E-state index in [4.69, 9.17) is 16.0 Å². The predicted octanol–water partition coefficient (Wildman–Crippen LogP) is 4.68. The number of aryl methyl sites for hydroxylation is 1. The summed E-state index contributed by atoms with van der Waals surface area (Å²) in [5.74, 6) is 0.615. The van der Waals surface area contributed by atoms with Gasteiger partial charge in [-0.25, -0.2) is 0 Å². The summed E-state index contributed by atoms with van der Waals surface area (Å²) < 4.78 is 5.62. The van der Waals surface area contributed by atoms with Crippen LogP contribution in [0.1, 0.15) is 30.0 Å². The number of aromatic nitrogens is 2. The second-order valence-corrected chi connectivity index (χ2v) is 7.74. The van der Waals surface area contributed by atoms with Gasteiger partial charge in [-0.1, -0.05) is 47.6 Å². The molecule has 1 heterocycles. The fourth-order valence-electron chi connectivity index (χ4n) is 3.24. The van der Waals surface area contributed by atoms with E-state index in [9.17, 15) is 4.79 Å². The first-order valence-corrected chi connectivity index (χ1v) is 10.1. The fourth-order valence-corrected chi connectivity index (χ4v) is 3.94. The van der Waals surface area contributed by atoms with Crippen LogP contribution in [0.5, 0.6) is 0 Å². The Bertz CT molecular complexity index is 942. The Morgan fingerprint density at radius 1 is 1.19 bits per heavy atom. The van der Waals surface area contributed by atoms with Crippen molar-refractivity contribution in [2.24, 2.45) is 0 Å². The topological polar surface area (TPSA) is 68.0 Å². The lowest BCUT2D eigenvalue weighted by molar-refractivity contribution is -0.119. The Morgan fingerprint density at radius 3 is 2.85 bits per heavy atom. The van der Waals surface area contributed by atoms with Crippen LogP contribution in [-0.2, 0) is 11.2 Å². The van der Waals surface area contributed by atoms with Crippen molar-refractivity contribution in [3.05, 3.63) is 64.7 Å². The molecule has 2 aromatic carbocycles. The highest BCUT2D eigenvalue weighted by Gasteiger charge is 2.21. The first-order chi connectivity index (χ1) is 13.2. The Morgan fingerprint density at radius 2 is 2.00 bits per heavy atom. The van der Waals surface area contributed by atoms with E-state index in [0.717, 1.165) is 24.8 Å². The minimum atomic E-state index is -0.0343. The van der Waals surface area contributed by atoms with Crippen molar-refractivity contribution in [2.75, 3.05) is 5.75 Å². The number of benzene rings is 2. The normalized spacial score (nSPS) is 16.0. The Hall–Kier alpha value is -2.31. The van der Waals surface area contributed by atoms with Gasteiger partial charge in [0.15, 0.2) is 0 Å². The van der Waals surface area contributed by atoms with Crippen molar-refractivity contribution >= 4 is 29.3 Å². The molecule has 138 valence electrons. The minimum Gasteiger partial charge on any atom is -0.411 e. The number of hydrogen-bond donors (Lipinski definition) is 1. The number of nitrogens with zero attached hydrogens (tertiary/aromatic N) is 2. The molecule has 0 saturated carbocycles. The lowest BCUT2D eigenvalue weighted by atomic mass is 9.88. The Balaban J connectivity index is 1.34. The molecule has 1 aliphatic rings. The summed E-state index contributed by atoms with van der Waals surface area (Å²) in [6.07, 6.45) is 3.13. The van der Waals surface area contributed by atoms with Crippen molar-refractivity contribution in [1.29, 1.82) is 0 Å². The van der Waals surface area contributed by atoms with Crippen molar-refractivity contribution in [3.63, 3.8) is 0 Å². The molecular formula is C20H18ClN3O2S. The molecule has 3 aromatic rings. The molecule has 0 bridgehead atoms. The average molecular weight is 400 g/mol. The molecule has 0 unspecified atom stereocenters. The van der Waals surface area contributed by atoms with Crippen LogP contribution in [0.15, 0.2) is 58.2 Å². The van der Waals surface area contributed by atoms with E-state index < -0.39 is 0 Å². The highest BCUT2D eigenvalue weighted by Crippen LogP contribution is 2.30. The number of carbonyl (C=O) groups excluding carboxylic acids is 1. The molecule has 1 aromatic heterocycles. The maximum absolute atomic E-state index is 12.4. The first kappa shape index (κ1) is 18.1. The standard InChI is InChI=1S/C20H18ClN3O2S/c21-15-10-8-14(9-11-15)19-23-24-20(26-19)27-12-18(25)22-17-7-3-5-13-4-1-2-6-16(13)17/h1-2,4,6,8-11,17H,3,5,7,12H2,(H,22,25)/t17-/m0/s1. The van der Waals surface area contributed by atoms with Crippen molar-refractivity contribution in [1.82, 2.24) is 15.5 Å². The molecule has 7 heteroatoms. The summed E-state index contributed by atoms with van der Waals surface area (Å²) in [4.78, 5) is 12.4. The van der Waals surface area contributed by atoms with E-state index in [1.807, 2.05) is 24.3 Å². The molecule has 0 saturated heterocycles. The van der Waals surface area contributed by atoms with Gasteiger partial charge in [0.25, 0.3) is 5.22 Å². The number of rotatable bonds is 5. The lowest BCUT2D eigenvalue weighted by Crippen LogP contribution is -2.32. The van der Waals surface area contributed by atoms with Gasteiger partial charge < -0.3 is 9.73 Å². The molecule has 1 atom stereocenters. The second kappa shape index (κ2) is 8.15. The van der Waals surface area contributed by atoms with Crippen molar-refractivity contribution in [3.8, 4) is 11.5 Å². The van der Waals surface area contributed by atoms with Crippen molar-refractivity contribution in [2.45, 2.75) is 30.5 Å². The molecule has 0 radical (unpaired) electrons. The van der Waals surface area contributed by atoms with E-state index in [1.54, 1.807) is 12.1 Å². The summed E-state index contributed by atoms with van der Waals surface area (Å²) in [5, 5.41) is 12.2. The van der Waals surface area contributed by atoms with Gasteiger partial charge >= 0.3 is 0 Å². The van der Waals surface area contributed by atoms with Gasteiger partial charge in [-0.05, 0) is 54.7 Å². The number of carbonyl (C=O) groups is 1. The molecule has 27 heavy (non-hydrogen) atoms. The van der Waals surface area contributed by atoms with Crippen LogP contribution >= 0.6 is 23.4 Å². The number of fused-ring (bicyclic) bond motifs is 1. The molecule has 5 nitrogen and oxygen atoms in total. The van der Waals surface area contributed by atoms with Gasteiger partial charge in [0.1, 0.15) is 0 Å². The summed E-state index contributed by atoms with van der Waals surface area (Å²) >= 11 is 7.12. The number of nitrogens with one attached hydrogen (secondary N) is 1. The highest BCUT2D eigenvalue weighted by molar-refractivity contribution is 7.99. The Kier molecular flexibility index (Phi) is 5.45. The van der Waals surface area contributed by atoms with Gasteiger partial charge in [0.2, 0.25) is 11.8 Å². The maximum Gasteiger partial charge on any atom is 0.277 e. The quantitative estimate of drug-likeness (QED) is 0.631. The van der Waals surface area contributed by atoms with Crippen molar-refractivity contribution < 1.29 is 9.21 Å². The molecule has 1 aliphatic carbocycles. The van der Waals surface area contributed by atoms with Gasteiger partial charge in [0, 0.05) is 10.6 Å². The number of hydrogen-bond acceptors (Lipinski definition) is 5. The molecule has 0 fully saturated rings. The second-order valence-electron chi connectivity index (χ2n) is 6.38. The Labute approximate surface area is 166 Å². The van der Waals surface area contributed by atoms with Crippen LogP contribution in [-0.4, -0.2) is 21.9 Å². The van der Waals surface area contributed by atoms with Crippen LogP contribution in [0, 0.1) is 0 Å². The third-order valence-electron chi connectivity index (χ3n) is 4.53. The SMILES string of the molecule is O=C(CSc1nnc(-c2ccc(Cl)cc2)o1)N[C@H]1CCCc2ccccc21. The first-order valence-electron chi connectivity index (χ1n) is 8.78. The summed E-state index contributed by atoms with van der Waals surface area (Å²) in [6, 6.07) is 15.6. The van der Waals surface area contributed by atoms with Gasteiger partial charge in [0.05, 0.1) is 11.8 Å². The zero-order valence-electron chi connectivity index (χ0n) is 14.5. The fraction of sp³-hybridized carbons (Fsp3) is 0.250. The zero-order chi connectivity index (χ0) is 18.6. The summed E-state index contributed by atoms with van der Waals surface area (Å²) in [7, 11) is 0. The van der Waals surface area contributed by atoms with Crippen LogP contribution in [0.3, 0.4) is 0 Å². The third-order valence-corrected chi connectivity index (χ3v) is 5.60. The van der Waals surface area contributed by atoms with Crippen LogP contribution in [0.4, 0.5) is 0 Å². The van der Waals surface area contributed by atoms with Crippen LogP contribution in [0.25, 0.3) is 11.5 Å². The number of thioether (sulfide) groups is 1. The van der Waals surface area contributed by atoms with E-state index in [-0.39, 0.29) is 17.7 Å². The molecule has 0 aliphatic heterocycles. The monoisotopic (exact) mass is 399 g/mol. The number of amides is 1. The average Bonchev–Trinajstić information content (AvgIpc) is 3.16. The van der Waals surface area contributed by atoms with Crippen LogP contribution in [0.2, 0.25) is 5.02 Å². The number of halogens is 1. The van der Waals surface area contributed by atoms with Crippen LogP contribution < -0.4 is 5.32 Å². The predicted molar refractivity (Wildman–Crippen MR) is 106 cm³/mol. The smallest absolute Gasteiger partial charge is 0.277 e. The summed E-state index contributed by atoms with van der Waals surface area (Å²) in [5.41, 5.74) is 3.35. The third kappa shape index (κ3) is 4.34. The van der Waals surface area contributed by atoms with E-state index >= 15 is 0 Å². The minimum absolute atomic E-state index is 0.0343. The van der Waals surface area contributed by atoms with Gasteiger partial charge in [-0.15, -0.1) is 10.2 Å². The molecular weight excluding hydrogens is 382 g/mol. The highest BCUT2D eigenvalue weighted by atomic mass is 35.5. The molecule has 4 rings (SSSR count). The van der Waals surface area contributed by atoms with E-state index in [0.29, 0.717) is 16.1 Å². The largest absolute Gasteiger partial charge is 0.411 e. The van der Waals surface area contributed by atoms with E-state index in [1.165, 1.54) is 22.9 Å². The van der Waals surface area contributed by atoms with Gasteiger partial charge in [-0.3, -0.25) is 4.79 Å². The maximum atomic E-state index is 12.4. The molecule has 1 N–H and O–H groups in total.